The van der Waals surface area contributed by atoms with Gasteiger partial charge in [-0.05, 0) is 26.7 Å². The highest BCUT2D eigenvalue weighted by molar-refractivity contribution is 5.81. The molecule has 3 heteroatoms. The maximum Gasteiger partial charge on any atom is 0.136 e. The molecule has 1 aliphatic rings. The maximum absolute atomic E-state index is 12.1. The zero-order chi connectivity index (χ0) is 11.0. The van der Waals surface area contributed by atoms with Crippen LogP contribution in [-0.2, 0) is 10.0 Å². The van der Waals surface area contributed by atoms with Crippen molar-refractivity contribution in [1.82, 2.24) is 5.06 Å². The van der Waals surface area contributed by atoms with E-state index in [1.807, 2.05) is 27.7 Å². The monoisotopic (exact) mass is 198 g/mol. The number of Topliss-reactive ketones (excluding diaryl/α,β-unsaturated/α-hetero) is 1. The molecule has 0 aromatic heterocycles. The molecule has 14 heavy (non-hydrogen) atoms. The minimum Gasteiger partial charge on any atom is -0.300 e. The van der Waals surface area contributed by atoms with Gasteiger partial charge < -0.3 is 0 Å². The summed E-state index contributed by atoms with van der Waals surface area (Å²) in [6, 6.07) is 0. The molecule has 0 amide bonds. The van der Waals surface area contributed by atoms with Gasteiger partial charge in [-0.1, -0.05) is 13.8 Å². The minimum absolute atomic E-state index is 0.228. The fourth-order valence-electron chi connectivity index (χ4n) is 2.48. The lowest BCUT2D eigenvalue weighted by atomic mass is 9.76. The Bertz CT molecular complexity index is 231. The van der Waals surface area contributed by atoms with Crippen LogP contribution in [0.1, 0.15) is 53.4 Å². The number of carbonyl (C=O) groups is 1. The number of ketones is 1. The molecule has 0 spiro atoms. The van der Waals surface area contributed by atoms with Gasteiger partial charge in [-0.3, -0.25) is 4.79 Å². The molecule has 0 aromatic rings. The summed E-state index contributed by atoms with van der Waals surface area (Å²) in [6.45, 7) is 7.69. The van der Waals surface area contributed by atoms with Crippen molar-refractivity contribution in [3.63, 3.8) is 0 Å². The summed E-state index contributed by atoms with van der Waals surface area (Å²) >= 11 is 0. The molecule has 1 saturated heterocycles. The predicted molar refractivity (Wildman–Crippen MR) is 54.2 cm³/mol. The highest BCUT2D eigenvalue weighted by Crippen LogP contribution is 2.39. The Kier molecular flexibility index (Phi) is 3.02. The predicted octanol–water partition coefficient (Wildman–Crippen LogP) is 2.33. The van der Waals surface area contributed by atoms with Crippen molar-refractivity contribution in [3.8, 4) is 0 Å². The molecular weight excluding hydrogens is 178 g/mol. The number of carbonyl (C=O) groups excluding carboxylic acids is 1. The molecule has 0 aliphatic carbocycles. The van der Waals surface area contributed by atoms with E-state index in [0.717, 1.165) is 12.8 Å². The third kappa shape index (κ3) is 1.71. The molecule has 0 saturated carbocycles. The zero-order valence-electron chi connectivity index (χ0n) is 9.59. The van der Waals surface area contributed by atoms with E-state index in [9.17, 15) is 10.0 Å². The summed E-state index contributed by atoms with van der Waals surface area (Å²) < 4.78 is 0. The summed E-state index contributed by atoms with van der Waals surface area (Å²) in [5.41, 5.74) is -0.972. The minimum atomic E-state index is -0.526. The molecule has 1 heterocycles. The smallest absolute Gasteiger partial charge is 0.136 e. The SMILES string of the molecule is CCC1(CC)CC(=O)CC(C)(C)N1[O]. The Morgan fingerprint density at radius 3 is 2.14 bits per heavy atom. The van der Waals surface area contributed by atoms with Crippen molar-refractivity contribution in [2.75, 3.05) is 0 Å². The van der Waals surface area contributed by atoms with E-state index in [4.69, 9.17) is 0 Å². The molecule has 0 atom stereocenters. The average molecular weight is 198 g/mol. The molecule has 1 aliphatic heterocycles. The first-order valence-electron chi connectivity index (χ1n) is 5.37. The van der Waals surface area contributed by atoms with Crippen LogP contribution in [0.3, 0.4) is 0 Å². The summed E-state index contributed by atoms with van der Waals surface area (Å²) in [6.07, 6.45) is 2.31. The Morgan fingerprint density at radius 2 is 1.71 bits per heavy atom. The summed E-state index contributed by atoms with van der Waals surface area (Å²) in [5.74, 6) is 0.228. The number of piperidine rings is 1. The Balaban J connectivity index is 3.00. The molecule has 0 bridgehead atoms. The summed E-state index contributed by atoms with van der Waals surface area (Å²) in [4.78, 5) is 11.6. The summed E-state index contributed by atoms with van der Waals surface area (Å²) in [7, 11) is 0. The van der Waals surface area contributed by atoms with Gasteiger partial charge in [0, 0.05) is 12.8 Å². The van der Waals surface area contributed by atoms with Crippen molar-refractivity contribution >= 4 is 5.78 Å². The van der Waals surface area contributed by atoms with Gasteiger partial charge in [0.15, 0.2) is 0 Å². The number of hydrogen-bond donors (Lipinski definition) is 0. The van der Waals surface area contributed by atoms with Gasteiger partial charge in [-0.2, -0.15) is 0 Å². The van der Waals surface area contributed by atoms with Crippen molar-refractivity contribution < 1.29 is 10.0 Å². The Morgan fingerprint density at radius 1 is 1.21 bits per heavy atom. The van der Waals surface area contributed by atoms with E-state index in [1.54, 1.807) is 0 Å². The molecule has 81 valence electrons. The lowest BCUT2D eigenvalue weighted by Crippen LogP contribution is -2.60. The second-order valence-electron chi connectivity index (χ2n) is 4.93. The van der Waals surface area contributed by atoms with Gasteiger partial charge in [0.05, 0.1) is 11.1 Å². The fraction of sp³-hybridized carbons (Fsp3) is 0.909. The molecule has 1 fully saturated rings. The molecule has 3 nitrogen and oxygen atoms in total. The Hall–Kier alpha value is -0.410. The van der Waals surface area contributed by atoms with E-state index >= 15 is 0 Å². The van der Waals surface area contributed by atoms with Gasteiger partial charge in [0.25, 0.3) is 0 Å². The van der Waals surface area contributed by atoms with Crippen LogP contribution >= 0.6 is 0 Å². The largest absolute Gasteiger partial charge is 0.300 e. The van der Waals surface area contributed by atoms with Gasteiger partial charge in [0.2, 0.25) is 0 Å². The second kappa shape index (κ2) is 3.63. The first-order valence-corrected chi connectivity index (χ1v) is 5.37. The molecular formula is C11H20NO2. The first kappa shape index (κ1) is 11.7. The normalized spacial score (nSPS) is 26.5. The van der Waals surface area contributed by atoms with Crippen molar-refractivity contribution in [1.29, 1.82) is 0 Å². The van der Waals surface area contributed by atoms with Crippen LogP contribution in [0.2, 0.25) is 0 Å². The van der Waals surface area contributed by atoms with Crippen molar-refractivity contribution in [2.24, 2.45) is 0 Å². The lowest BCUT2D eigenvalue weighted by Gasteiger charge is -2.49. The number of rotatable bonds is 2. The highest BCUT2D eigenvalue weighted by atomic mass is 16.5. The number of nitrogens with zero attached hydrogens (tertiary/aromatic N) is 1. The van der Waals surface area contributed by atoms with Crippen molar-refractivity contribution in [3.05, 3.63) is 0 Å². The topological polar surface area (TPSA) is 40.2 Å². The van der Waals surface area contributed by atoms with E-state index in [0.29, 0.717) is 12.8 Å². The molecule has 0 unspecified atom stereocenters. The van der Waals surface area contributed by atoms with Crippen LogP contribution in [-0.4, -0.2) is 21.9 Å². The van der Waals surface area contributed by atoms with Crippen molar-refractivity contribution in [2.45, 2.75) is 64.5 Å². The van der Waals surface area contributed by atoms with E-state index in [-0.39, 0.29) is 5.78 Å². The van der Waals surface area contributed by atoms with Crippen LogP contribution in [0.25, 0.3) is 0 Å². The third-order valence-electron chi connectivity index (χ3n) is 3.45. The van der Waals surface area contributed by atoms with Crippen LogP contribution < -0.4 is 0 Å². The Labute approximate surface area is 86.1 Å². The van der Waals surface area contributed by atoms with Crippen LogP contribution in [0.15, 0.2) is 0 Å². The van der Waals surface area contributed by atoms with Crippen LogP contribution in [0.5, 0.6) is 0 Å². The van der Waals surface area contributed by atoms with E-state index in [2.05, 4.69) is 0 Å². The fourth-order valence-corrected chi connectivity index (χ4v) is 2.48. The lowest BCUT2D eigenvalue weighted by molar-refractivity contribution is -0.290. The number of hydroxylamine groups is 2. The van der Waals surface area contributed by atoms with Crippen LogP contribution in [0, 0.1) is 0 Å². The number of hydrogen-bond acceptors (Lipinski definition) is 2. The van der Waals surface area contributed by atoms with E-state index in [1.165, 1.54) is 5.06 Å². The van der Waals surface area contributed by atoms with Gasteiger partial charge in [-0.15, -0.1) is 10.3 Å². The molecule has 1 rings (SSSR count). The summed E-state index contributed by atoms with van der Waals surface area (Å²) in [5, 5.41) is 13.3. The molecule has 0 aromatic carbocycles. The second-order valence-corrected chi connectivity index (χ2v) is 4.93. The average Bonchev–Trinajstić information content (AvgIpc) is 2.11. The van der Waals surface area contributed by atoms with Gasteiger partial charge >= 0.3 is 0 Å². The quantitative estimate of drug-likeness (QED) is 0.683. The van der Waals surface area contributed by atoms with Gasteiger partial charge in [-0.25, -0.2) is 0 Å². The highest BCUT2D eigenvalue weighted by Gasteiger charge is 2.49. The first-order chi connectivity index (χ1) is 6.38. The molecule has 0 N–H and O–H groups in total. The maximum atomic E-state index is 12.1. The van der Waals surface area contributed by atoms with Gasteiger partial charge in [0.1, 0.15) is 5.78 Å². The standard InChI is InChI=1S/C11H20NO2/c1-5-11(6-2)8-9(13)7-10(3,4)12(11)14/h5-8H2,1-4H3. The zero-order valence-corrected chi connectivity index (χ0v) is 9.59. The third-order valence-corrected chi connectivity index (χ3v) is 3.45. The van der Waals surface area contributed by atoms with Crippen LogP contribution in [0.4, 0.5) is 0 Å². The molecule has 1 radical (unpaired) electrons. The van der Waals surface area contributed by atoms with E-state index < -0.39 is 11.1 Å².